The maximum absolute atomic E-state index is 11.3. The molecule has 4 nitrogen and oxygen atoms in total. The fourth-order valence-corrected chi connectivity index (χ4v) is 1.28. The molecular formula is C12H14O4. The number of carbonyl (C=O) groups excluding carboxylic acids is 2. The topological polar surface area (TPSA) is 52.6 Å². The molecule has 1 rings (SSSR count). The van der Waals surface area contributed by atoms with Crippen molar-refractivity contribution >= 4 is 11.8 Å². The largest absolute Gasteiger partial charge is 0.494 e. The van der Waals surface area contributed by atoms with E-state index < -0.39 is 11.8 Å². The highest BCUT2D eigenvalue weighted by molar-refractivity contribution is 6.34. The molecule has 0 spiro atoms. The van der Waals surface area contributed by atoms with Crippen LogP contribution in [0.2, 0.25) is 0 Å². The van der Waals surface area contributed by atoms with Gasteiger partial charge in [-0.1, -0.05) is 12.1 Å². The van der Waals surface area contributed by atoms with Gasteiger partial charge >= 0.3 is 5.97 Å². The average molecular weight is 222 g/mol. The van der Waals surface area contributed by atoms with Crippen LogP contribution in [0, 0.1) is 0 Å². The number of ether oxygens (including phenoxy) is 2. The summed E-state index contributed by atoms with van der Waals surface area (Å²) in [6.07, 6.45) is 0.0353. The zero-order valence-electron chi connectivity index (χ0n) is 9.36. The van der Waals surface area contributed by atoms with Crippen LogP contribution in [0.25, 0.3) is 0 Å². The summed E-state index contributed by atoms with van der Waals surface area (Å²) in [7, 11) is 1.19. The van der Waals surface area contributed by atoms with Gasteiger partial charge in [0.2, 0.25) is 5.78 Å². The van der Waals surface area contributed by atoms with Crippen molar-refractivity contribution in [2.24, 2.45) is 0 Å². The SMILES string of the molecule is CCOc1cccc(CC(=O)C(=O)OC)c1. The van der Waals surface area contributed by atoms with Gasteiger partial charge in [0.25, 0.3) is 0 Å². The van der Waals surface area contributed by atoms with Crippen molar-refractivity contribution in [1.29, 1.82) is 0 Å². The summed E-state index contributed by atoms with van der Waals surface area (Å²) in [5.74, 6) is -0.685. The van der Waals surface area contributed by atoms with Crippen LogP contribution >= 0.6 is 0 Å². The molecule has 86 valence electrons. The molecule has 16 heavy (non-hydrogen) atoms. The van der Waals surface area contributed by atoms with Gasteiger partial charge in [-0.05, 0) is 24.6 Å². The molecule has 0 aliphatic heterocycles. The Morgan fingerprint density at radius 2 is 2.06 bits per heavy atom. The standard InChI is InChI=1S/C12H14O4/c1-3-16-10-6-4-5-9(7-10)8-11(13)12(14)15-2/h4-7H,3,8H2,1-2H3. The van der Waals surface area contributed by atoms with Crippen molar-refractivity contribution in [3.05, 3.63) is 29.8 Å². The smallest absolute Gasteiger partial charge is 0.374 e. The molecule has 0 saturated heterocycles. The third-order valence-corrected chi connectivity index (χ3v) is 1.99. The van der Waals surface area contributed by atoms with Crippen LogP contribution in [0.5, 0.6) is 5.75 Å². The molecule has 0 saturated carbocycles. The van der Waals surface area contributed by atoms with Crippen LogP contribution in [0.15, 0.2) is 24.3 Å². The van der Waals surface area contributed by atoms with Gasteiger partial charge < -0.3 is 9.47 Å². The minimum absolute atomic E-state index is 0.0353. The molecule has 0 heterocycles. The summed E-state index contributed by atoms with van der Waals surface area (Å²) in [5, 5.41) is 0. The second-order valence-electron chi connectivity index (χ2n) is 3.17. The van der Waals surface area contributed by atoms with Gasteiger partial charge in [0.15, 0.2) is 0 Å². The highest BCUT2D eigenvalue weighted by Gasteiger charge is 2.14. The summed E-state index contributed by atoms with van der Waals surface area (Å²) in [6, 6.07) is 7.09. The first-order valence-corrected chi connectivity index (χ1v) is 5.00. The van der Waals surface area contributed by atoms with Gasteiger partial charge in [0.1, 0.15) is 5.75 Å². The molecule has 1 aromatic rings. The number of methoxy groups -OCH3 is 1. The van der Waals surface area contributed by atoms with E-state index in [-0.39, 0.29) is 6.42 Å². The van der Waals surface area contributed by atoms with Crippen molar-refractivity contribution in [3.63, 3.8) is 0 Å². The molecular weight excluding hydrogens is 208 g/mol. The predicted octanol–water partition coefficient (Wildman–Crippen LogP) is 1.37. The Kier molecular flexibility index (Phi) is 4.51. The van der Waals surface area contributed by atoms with Crippen LogP contribution in [0.3, 0.4) is 0 Å². The number of ketones is 1. The van der Waals surface area contributed by atoms with Crippen LogP contribution in [-0.4, -0.2) is 25.5 Å². The molecule has 4 heteroatoms. The monoisotopic (exact) mass is 222 g/mol. The number of carbonyl (C=O) groups is 2. The summed E-state index contributed by atoms with van der Waals surface area (Å²) >= 11 is 0. The summed E-state index contributed by atoms with van der Waals surface area (Å²) in [4.78, 5) is 22.2. The first-order valence-electron chi connectivity index (χ1n) is 5.00. The van der Waals surface area contributed by atoms with Gasteiger partial charge in [-0.25, -0.2) is 4.79 Å². The number of hydrogen-bond donors (Lipinski definition) is 0. The highest BCUT2D eigenvalue weighted by Crippen LogP contribution is 2.13. The van der Waals surface area contributed by atoms with E-state index in [2.05, 4.69) is 4.74 Å². The third kappa shape index (κ3) is 3.38. The minimum Gasteiger partial charge on any atom is -0.494 e. The number of Topliss-reactive ketones (excluding diaryl/α,β-unsaturated/α-hetero) is 1. The summed E-state index contributed by atoms with van der Waals surface area (Å²) < 4.78 is 9.63. The molecule has 0 bridgehead atoms. The molecule has 0 unspecified atom stereocenters. The molecule has 0 atom stereocenters. The number of rotatable bonds is 5. The Hall–Kier alpha value is -1.84. The molecule has 0 aliphatic carbocycles. The zero-order chi connectivity index (χ0) is 12.0. The second kappa shape index (κ2) is 5.90. The van der Waals surface area contributed by atoms with Gasteiger partial charge in [-0.3, -0.25) is 4.79 Å². The van der Waals surface area contributed by atoms with E-state index in [1.807, 2.05) is 6.92 Å². The number of esters is 1. The van der Waals surface area contributed by atoms with E-state index in [9.17, 15) is 9.59 Å². The second-order valence-corrected chi connectivity index (χ2v) is 3.17. The first kappa shape index (κ1) is 12.2. The normalized spacial score (nSPS) is 9.62. The van der Waals surface area contributed by atoms with Gasteiger partial charge in [0, 0.05) is 6.42 Å². The fraction of sp³-hybridized carbons (Fsp3) is 0.333. The Bertz CT molecular complexity index is 384. The molecule has 0 aromatic heterocycles. The Labute approximate surface area is 94.2 Å². The quantitative estimate of drug-likeness (QED) is 0.557. The summed E-state index contributed by atoms with van der Waals surface area (Å²) in [5.41, 5.74) is 0.737. The van der Waals surface area contributed by atoms with Crippen molar-refractivity contribution in [1.82, 2.24) is 0 Å². The van der Waals surface area contributed by atoms with Crippen molar-refractivity contribution in [2.45, 2.75) is 13.3 Å². The lowest BCUT2D eigenvalue weighted by Gasteiger charge is -2.05. The molecule has 0 aliphatic rings. The van der Waals surface area contributed by atoms with E-state index in [1.54, 1.807) is 24.3 Å². The van der Waals surface area contributed by atoms with Gasteiger partial charge in [0.05, 0.1) is 13.7 Å². The van der Waals surface area contributed by atoms with E-state index in [4.69, 9.17) is 4.74 Å². The van der Waals surface area contributed by atoms with Crippen molar-refractivity contribution in [3.8, 4) is 5.75 Å². The molecule has 0 fully saturated rings. The highest BCUT2D eigenvalue weighted by atomic mass is 16.5. The van der Waals surface area contributed by atoms with Crippen molar-refractivity contribution < 1.29 is 19.1 Å². The molecule has 0 N–H and O–H groups in total. The molecule has 0 radical (unpaired) electrons. The van der Waals surface area contributed by atoms with Crippen molar-refractivity contribution in [2.75, 3.05) is 13.7 Å². The van der Waals surface area contributed by atoms with Crippen LogP contribution in [0.4, 0.5) is 0 Å². The van der Waals surface area contributed by atoms with E-state index in [0.717, 1.165) is 5.56 Å². The minimum atomic E-state index is -0.818. The predicted molar refractivity (Wildman–Crippen MR) is 58.3 cm³/mol. The Balaban J connectivity index is 2.70. The maximum atomic E-state index is 11.3. The zero-order valence-corrected chi connectivity index (χ0v) is 9.36. The number of benzene rings is 1. The number of hydrogen-bond acceptors (Lipinski definition) is 4. The van der Waals surface area contributed by atoms with Crippen LogP contribution in [-0.2, 0) is 20.7 Å². The summed E-state index contributed by atoms with van der Waals surface area (Å²) in [6.45, 7) is 2.45. The fourth-order valence-electron chi connectivity index (χ4n) is 1.28. The lowest BCUT2D eigenvalue weighted by atomic mass is 10.1. The Morgan fingerprint density at radius 3 is 2.69 bits per heavy atom. The third-order valence-electron chi connectivity index (χ3n) is 1.99. The van der Waals surface area contributed by atoms with E-state index in [1.165, 1.54) is 7.11 Å². The lowest BCUT2D eigenvalue weighted by Crippen LogP contribution is -2.17. The van der Waals surface area contributed by atoms with E-state index >= 15 is 0 Å². The first-order chi connectivity index (χ1) is 7.67. The molecule has 1 aromatic carbocycles. The Morgan fingerprint density at radius 1 is 1.31 bits per heavy atom. The van der Waals surface area contributed by atoms with Crippen LogP contribution < -0.4 is 4.74 Å². The van der Waals surface area contributed by atoms with Crippen LogP contribution in [0.1, 0.15) is 12.5 Å². The van der Waals surface area contributed by atoms with E-state index in [0.29, 0.717) is 12.4 Å². The lowest BCUT2D eigenvalue weighted by molar-refractivity contribution is -0.151. The average Bonchev–Trinajstić information content (AvgIpc) is 2.29. The molecule has 0 amide bonds. The maximum Gasteiger partial charge on any atom is 0.374 e. The van der Waals surface area contributed by atoms with Gasteiger partial charge in [-0.2, -0.15) is 0 Å². The van der Waals surface area contributed by atoms with Gasteiger partial charge in [-0.15, -0.1) is 0 Å².